The molecule has 7 heteroatoms. The quantitative estimate of drug-likeness (QED) is 0.854. The summed E-state index contributed by atoms with van der Waals surface area (Å²) in [5.74, 6) is -0.227. The summed E-state index contributed by atoms with van der Waals surface area (Å²) in [6.07, 6.45) is 3.99. The van der Waals surface area contributed by atoms with Crippen molar-refractivity contribution in [1.29, 1.82) is 0 Å². The summed E-state index contributed by atoms with van der Waals surface area (Å²) in [5.41, 5.74) is 3.07. The molecule has 0 spiro atoms. The second kappa shape index (κ2) is 7.06. The molecule has 0 radical (unpaired) electrons. The Morgan fingerprint density at radius 1 is 1.20 bits per heavy atom. The van der Waals surface area contributed by atoms with E-state index >= 15 is 0 Å². The highest BCUT2D eigenvalue weighted by atomic mass is 35.5. The van der Waals surface area contributed by atoms with E-state index in [9.17, 15) is 13.2 Å². The molecule has 5 nitrogen and oxygen atoms in total. The molecule has 1 aliphatic rings. The van der Waals surface area contributed by atoms with Gasteiger partial charge in [0.2, 0.25) is 10.0 Å². The van der Waals surface area contributed by atoms with Crippen LogP contribution in [0.3, 0.4) is 0 Å². The van der Waals surface area contributed by atoms with E-state index in [1.807, 2.05) is 18.2 Å². The lowest BCUT2D eigenvalue weighted by molar-refractivity contribution is 0.0933. The smallest absolute Gasteiger partial charge is 0.251 e. The van der Waals surface area contributed by atoms with Crippen molar-refractivity contribution in [3.8, 4) is 0 Å². The topological polar surface area (TPSA) is 75.3 Å². The number of sulfonamides is 1. The van der Waals surface area contributed by atoms with Crippen molar-refractivity contribution in [3.05, 3.63) is 64.2 Å². The van der Waals surface area contributed by atoms with Gasteiger partial charge < -0.3 is 5.32 Å². The third kappa shape index (κ3) is 4.32. The fraction of sp³-hybridized carbons (Fsp3) is 0.278. The summed E-state index contributed by atoms with van der Waals surface area (Å²) in [5, 5.41) is 3.23. The van der Waals surface area contributed by atoms with Crippen LogP contribution in [0, 0.1) is 0 Å². The van der Waals surface area contributed by atoms with Gasteiger partial charge in [0, 0.05) is 5.56 Å². The Labute approximate surface area is 152 Å². The number of carbonyl (C=O) groups is 1. The Bertz CT molecular complexity index is 912. The van der Waals surface area contributed by atoms with Crippen LogP contribution in [0.1, 0.15) is 40.4 Å². The minimum atomic E-state index is -3.42. The number of hydrogen-bond donors (Lipinski definition) is 2. The summed E-state index contributed by atoms with van der Waals surface area (Å²) >= 11 is 6.10. The first-order chi connectivity index (χ1) is 11.8. The molecule has 2 aromatic rings. The number of amides is 1. The number of benzene rings is 2. The van der Waals surface area contributed by atoms with Crippen molar-refractivity contribution < 1.29 is 13.2 Å². The molecule has 2 N–H and O–H groups in total. The van der Waals surface area contributed by atoms with Crippen LogP contribution in [0.2, 0.25) is 5.02 Å². The average molecular weight is 379 g/mol. The van der Waals surface area contributed by atoms with E-state index in [2.05, 4.69) is 16.1 Å². The van der Waals surface area contributed by atoms with Crippen LogP contribution >= 0.6 is 11.6 Å². The molecule has 132 valence electrons. The average Bonchev–Trinajstić information content (AvgIpc) is 2.56. The number of carbonyl (C=O) groups excluding carboxylic acids is 1. The highest BCUT2D eigenvalue weighted by molar-refractivity contribution is 7.92. The summed E-state index contributed by atoms with van der Waals surface area (Å²) in [6.45, 7) is 0. The normalized spacial score (nSPS) is 16.8. The zero-order valence-electron chi connectivity index (χ0n) is 13.8. The third-order valence-corrected chi connectivity index (χ3v) is 5.10. The summed E-state index contributed by atoms with van der Waals surface area (Å²) in [6, 6.07) is 12.6. The van der Waals surface area contributed by atoms with E-state index in [4.69, 9.17) is 11.6 Å². The number of nitrogens with one attached hydrogen (secondary N) is 2. The lowest BCUT2D eigenvalue weighted by Gasteiger charge is -2.26. The van der Waals surface area contributed by atoms with Crippen molar-refractivity contribution in [3.63, 3.8) is 0 Å². The van der Waals surface area contributed by atoms with Crippen molar-refractivity contribution >= 4 is 33.2 Å². The summed E-state index contributed by atoms with van der Waals surface area (Å²) in [7, 11) is -3.42. The fourth-order valence-corrected chi connectivity index (χ4v) is 3.95. The van der Waals surface area contributed by atoms with Crippen LogP contribution < -0.4 is 10.0 Å². The molecule has 25 heavy (non-hydrogen) atoms. The molecule has 0 aliphatic heterocycles. The molecule has 0 saturated carbocycles. The van der Waals surface area contributed by atoms with Gasteiger partial charge in [-0.05, 0) is 48.6 Å². The van der Waals surface area contributed by atoms with E-state index in [1.165, 1.54) is 17.7 Å². The molecule has 0 heterocycles. The number of aryl methyl sites for hydroxylation is 1. The Hall–Kier alpha value is -2.05. The first kappa shape index (κ1) is 17.8. The first-order valence-corrected chi connectivity index (χ1v) is 10.3. The minimum Gasteiger partial charge on any atom is -0.345 e. The largest absolute Gasteiger partial charge is 0.345 e. The van der Waals surface area contributed by atoms with Gasteiger partial charge in [0.15, 0.2) is 0 Å². The molecule has 1 atom stereocenters. The molecule has 0 bridgehead atoms. The minimum absolute atomic E-state index is 0.0231. The Morgan fingerprint density at radius 2 is 1.96 bits per heavy atom. The molecule has 2 aromatic carbocycles. The summed E-state index contributed by atoms with van der Waals surface area (Å²) in [4.78, 5) is 12.6. The van der Waals surface area contributed by atoms with E-state index < -0.39 is 10.0 Å². The molecule has 0 unspecified atom stereocenters. The number of anilines is 1. The van der Waals surface area contributed by atoms with Crippen molar-refractivity contribution in [2.45, 2.75) is 25.3 Å². The maximum Gasteiger partial charge on any atom is 0.251 e. The molecule has 0 saturated heterocycles. The third-order valence-electron chi connectivity index (χ3n) is 4.20. The Morgan fingerprint density at radius 3 is 2.68 bits per heavy atom. The van der Waals surface area contributed by atoms with Gasteiger partial charge in [-0.15, -0.1) is 0 Å². The fourth-order valence-electron chi connectivity index (χ4n) is 3.08. The maximum absolute atomic E-state index is 12.6. The van der Waals surface area contributed by atoms with Gasteiger partial charge in [-0.2, -0.15) is 0 Å². The van der Waals surface area contributed by atoms with E-state index in [0.717, 1.165) is 31.1 Å². The van der Waals surface area contributed by atoms with Crippen LogP contribution in [-0.4, -0.2) is 20.6 Å². The second-order valence-corrected chi connectivity index (χ2v) is 8.34. The van der Waals surface area contributed by atoms with Gasteiger partial charge in [0.25, 0.3) is 5.91 Å². The van der Waals surface area contributed by atoms with E-state index in [1.54, 1.807) is 6.07 Å². The van der Waals surface area contributed by atoms with Crippen molar-refractivity contribution in [2.24, 2.45) is 0 Å². The number of halogens is 1. The number of rotatable bonds is 4. The van der Waals surface area contributed by atoms with E-state index in [0.29, 0.717) is 5.56 Å². The SMILES string of the molecule is CS(=O)(=O)Nc1ccc(C(=O)N[C@H]2CCCc3ccccc32)cc1Cl. The highest BCUT2D eigenvalue weighted by Gasteiger charge is 2.22. The van der Waals surface area contributed by atoms with Gasteiger partial charge in [-0.3, -0.25) is 9.52 Å². The van der Waals surface area contributed by atoms with Gasteiger partial charge >= 0.3 is 0 Å². The molecule has 0 fully saturated rings. The van der Waals surface area contributed by atoms with E-state index in [-0.39, 0.29) is 22.7 Å². The van der Waals surface area contributed by atoms with Gasteiger partial charge in [0.1, 0.15) is 0 Å². The van der Waals surface area contributed by atoms with Crippen molar-refractivity contribution in [2.75, 3.05) is 11.0 Å². The lowest BCUT2D eigenvalue weighted by atomic mass is 9.87. The second-order valence-electron chi connectivity index (χ2n) is 6.19. The molecule has 0 aromatic heterocycles. The highest BCUT2D eigenvalue weighted by Crippen LogP contribution is 2.30. The number of hydrogen-bond acceptors (Lipinski definition) is 3. The molecule has 1 aliphatic carbocycles. The van der Waals surface area contributed by atoms with Crippen LogP contribution in [0.5, 0.6) is 0 Å². The molecular formula is C18H19ClN2O3S. The molecule has 3 rings (SSSR count). The Kier molecular flexibility index (Phi) is 5.01. The van der Waals surface area contributed by atoms with Gasteiger partial charge in [-0.1, -0.05) is 35.9 Å². The standard InChI is InChI=1S/C18H19ClN2O3S/c1-25(23,24)21-17-10-9-13(11-15(17)19)18(22)20-16-8-4-6-12-5-2-3-7-14(12)16/h2-3,5,7,9-11,16,21H,4,6,8H2,1H3,(H,20,22)/t16-/m0/s1. The van der Waals surface area contributed by atoms with Crippen LogP contribution in [0.25, 0.3) is 0 Å². The van der Waals surface area contributed by atoms with Crippen molar-refractivity contribution in [1.82, 2.24) is 5.32 Å². The first-order valence-electron chi connectivity index (χ1n) is 7.99. The predicted octanol–water partition coefficient (Wildman–Crippen LogP) is 3.52. The number of fused-ring (bicyclic) bond motifs is 1. The van der Waals surface area contributed by atoms with Crippen LogP contribution in [-0.2, 0) is 16.4 Å². The molecule has 1 amide bonds. The molecular weight excluding hydrogens is 360 g/mol. The van der Waals surface area contributed by atoms with Crippen LogP contribution in [0.4, 0.5) is 5.69 Å². The van der Waals surface area contributed by atoms with Crippen LogP contribution in [0.15, 0.2) is 42.5 Å². The zero-order chi connectivity index (χ0) is 18.0. The van der Waals surface area contributed by atoms with Gasteiger partial charge in [0.05, 0.1) is 23.0 Å². The van der Waals surface area contributed by atoms with Gasteiger partial charge in [-0.25, -0.2) is 8.42 Å². The lowest BCUT2D eigenvalue weighted by Crippen LogP contribution is -2.31. The zero-order valence-corrected chi connectivity index (χ0v) is 15.3. The predicted molar refractivity (Wildman–Crippen MR) is 99.5 cm³/mol. The maximum atomic E-state index is 12.6. The Balaban J connectivity index is 1.77. The summed E-state index contributed by atoms with van der Waals surface area (Å²) < 4.78 is 24.9. The monoisotopic (exact) mass is 378 g/mol.